The van der Waals surface area contributed by atoms with Crippen LogP contribution in [-0.2, 0) is 6.42 Å². The van der Waals surface area contributed by atoms with Crippen molar-refractivity contribution in [3.63, 3.8) is 0 Å². The van der Waals surface area contributed by atoms with Crippen LogP contribution >= 0.6 is 34.2 Å². The molecule has 3 rings (SSSR count). The van der Waals surface area contributed by atoms with Crippen molar-refractivity contribution in [2.24, 2.45) is 0 Å². The lowest BCUT2D eigenvalue weighted by atomic mass is 10.1. The zero-order valence-electron chi connectivity index (χ0n) is 12.0. The predicted molar refractivity (Wildman–Crippen MR) is 91.9 cm³/mol. The van der Waals surface area contributed by atoms with Crippen LogP contribution in [0.15, 0.2) is 34.3 Å². The average Bonchev–Trinajstić information content (AvgIpc) is 3.26. The van der Waals surface area contributed by atoms with Gasteiger partial charge in [0.2, 0.25) is 0 Å². The molecule has 0 spiro atoms. The van der Waals surface area contributed by atoms with Crippen LogP contribution in [0.5, 0.6) is 0 Å². The molecule has 0 aromatic carbocycles. The van der Waals surface area contributed by atoms with Gasteiger partial charge in [-0.15, -0.1) is 16.4 Å². The molecule has 0 bridgehead atoms. The molecule has 3 aromatic rings. The Morgan fingerprint density at radius 1 is 1.36 bits per heavy atom. The fourth-order valence-electron chi connectivity index (χ4n) is 2.19. The highest BCUT2D eigenvalue weighted by molar-refractivity contribution is 7.10. The first-order valence-electron chi connectivity index (χ1n) is 6.97. The van der Waals surface area contributed by atoms with Crippen molar-refractivity contribution < 1.29 is 4.79 Å². The van der Waals surface area contributed by atoms with Crippen LogP contribution in [0.25, 0.3) is 0 Å². The molecule has 0 fully saturated rings. The average molecular weight is 350 g/mol. The van der Waals surface area contributed by atoms with E-state index >= 15 is 0 Å². The molecule has 1 amide bonds. The molecule has 114 valence electrons. The van der Waals surface area contributed by atoms with E-state index in [1.165, 1.54) is 11.5 Å². The molecular formula is C15H15N3OS3. The van der Waals surface area contributed by atoms with E-state index in [4.69, 9.17) is 0 Å². The Balaban J connectivity index is 1.84. The van der Waals surface area contributed by atoms with Crippen molar-refractivity contribution in [1.29, 1.82) is 0 Å². The first-order valence-corrected chi connectivity index (χ1v) is 9.56. The third-order valence-electron chi connectivity index (χ3n) is 3.23. The van der Waals surface area contributed by atoms with Crippen LogP contribution in [-0.4, -0.2) is 15.5 Å². The summed E-state index contributed by atoms with van der Waals surface area (Å²) in [7, 11) is 0. The number of hydrogen-bond donors (Lipinski definition) is 1. The highest BCUT2D eigenvalue weighted by Gasteiger charge is 2.22. The van der Waals surface area contributed by atoms with Crippen molar-refractivity contribution in [2.45, 2.75) is 25.8 Å². The molecule has 3 heterocycles. The van der Waals surface area contributed by atoms with Gasteiger partial charge in [-0.3, -0.25) is 4.79 Å². The van der Waals surface area contributed by atoms with Crippen LogP contribution in [0.3, 0.4) is 0 Å². The van der Waals surface area contributed by atoms with Gasteiger partial charge in [0.1, 0.15) is 4.88 Å². The lowest BCUT2D eigenvalue weighted by molar-refractivity contribution is 0.0946. The summed E-state index contributed by atoms with van der Waals surface area (Å²) in [6.07, 6.45) is 1.73. The number of rotatable bonds is 6. The van der Waals surface area contributed by atoms with E-state index in [0.29, 0.717) is 4.88 Å². The van der Waals surface area contributed by atoms with E-state index in [0.717, 1.165) is 29.0 Å². The SMILES string of the molecule is CCCc1nnsc1C(=O)NC(c1ccsc1)c1cccs1. The smallest absolute Gasteiger partial charge is 0.265 e. The second-order valence-electron chi connectivity index (χ2n) is 4.78. The molecule has 1 unspecified atom stereocenters. The Morgan fingerprint density at radius 3 is 2.95 bits per heavy atom. The molecule has 7 heteroatoms. The second kappa shape index (κ2) is 7.13. The molecule has 0 aliphatic rings. The molecule has 4 nitrogen and oxygen atoms in total. The molecule has 0 aliphatic heterocycles. The molecule has 3 aromatic heterocycles. The standard InChI is InChI=1S/C15H15N3OS3/c1-2-4-11-14(22-18-17-11)15(19)16-13(10-6-8-20-9-10)12-5-3-7-21-12/h3,5-9,13H,2,4H2,1H3,(H,16,19). The van der Waals surface area contributed by atoms with Crippen molar-refractivity contribution in [2.75, 3.05) is 0 Å². The Morgan fingerprint density at radius 2 is 2.27 bits per heavy atom. The number of thiophene rings is 2. The van der Waals surface area contributed by atoms with E-state index in [2.05, 4.69) is 27.2 Å². The Kier molecular flexibility index (Phi) is 4.97. The zero-order valence-corrected chi connectivity index (χ0v) is 14.4. The molecule has 0 aliphatic carbocycles. The van der Waals surface area contributed by atoms with Crippen LogP contribution in [0, 0.1) is 0 Å². The summed E-state index contributed by atoms with van der Waals surface area (Å²) in [6.45, 7) is 2.07. The molecule has 1 atom stereocenters. The molecule has 0 saturated heterocycles. The monoisotopic (exact) mass is 349 g/mol. The summed E-state index contributed by atoms with van der Waals surface area (Å²) in [5, 5.41) is 13.3. The van der Waals surface area contributed by atoms with Gasteiger partial charge in [-0.1, -0.05) is 23.9 Å². The Hall–Kier alpha value is -1.57. The van der Waals surface area contributed by atoms with E-state index in [-0.39, 0.29) is 11.9 Å². The third kappa shape index (κ3) is 3.26. The van der Waals surface area contributed by atoms with Crippen LogP contribution in [0.4, 0.5) is 0 Å². The topological polar surface area (TPSA) is 54.9 Å². The molecule has 1 N–H and O–H groups in total. The minimum Gasteiger partial charge on any atom is -0.339 e. The van der Waals surface area contributed by atoms with E-state index in [1.54, 1.807) is 22.7 Å². The minimum atomic E-state index is -0.115. The lowest BCUT2D eigenvalue weighted by Crippen LogP contribution is -2.28. The second-order valence-corrected chi connectivity index (χ2v) is 7.29. The molecular weight excluding hydrogens is 334 g/mol. The van der Waals surface area contributed by atoms with Gasteiger partial charge in [0.05, 0.1) is 11.7 Å². The largest absolute Gasteiger partial charge is 0.339 e. The summed E-state index contributed by atoms with van der Waals surface area (Å²) in [5.41, 5.74) is 1.90. The van der Waals surface area contributed by atoms with E-state index in [9.17, 15) is 4.79 Å². The quantitative estimate of drug-likeness (QED) is 0.728. The summed E-state index contributed by atoms with van der Waals surface area (Å²) in [6, 6.07) is 5.98. The van der Waals surface area contributed by atoms with Crippen molar-refractivity contribution in [1.82, 2.24) is 14.9 Å². The normalized spacial score (nSPS) is 12.2. The van der Waals surface area contributed by atoms with Crippen molar-refractivity contribution in [3.05, 3.63) is 55.4 Å². The fraction of sp³-hybridized carbons (Fsp3) is 0.267. The van der Waals surface area contributed by atoms with Gasteiger partial charge in [-0.25, -0.2) is 0 Å². The highest BCUT2D eigenvalue weighted by Crippen LogP contribution is 2.28. The number of nitrogens with one attached hydrogen (secondary N) is 1. The Bertz CT molecular complexity index is 685. The number of aryl methyl sites for hydroxylation is 1. The van der Waals surface area contributed by atoms with Gasteiger partial charge < -0.3 is 5.32 Å². The van der Waals surface area contributed by atoms with Crippen LogP contribution in [0.2, 0.25) is 0 Å². The maximum atomic E-state index is 12.6. The number of carbonyl (C=O) groups is 1. The number of amides is 1. The van der Waals surface area contributed by atoms with Gasteiger partial charge in [0.25, 0.3) is 5.91 Å². The van der Waals surface area contributed by atoms with Gasteiger partial charge in [0.15, 0.2) is 0 Å². The summed E-state index contributed by atoms with van der Waals surface area (Å²) < 4.78 is 3.93. The highest BCUT2D eigenvalue weighted by atomic mass is 32.1. The zero-order chi connectivity index (χ0) is 15.4. The number of aromatic nitrogens is 2. The van der Waals surface area contributed by atoms with Crippen molar-refractivity contribution in [3.8, 4) is 0 Å². The predicted octanol–water partition coefficient (Wildman–Crippen LogP) is 4.13. The number of hydrogen-bond acceptors (Lipinski definition) is 6. The fourth-order valence-corrected chi connectivity index (χ4v) is 4.29. The van der Waals surface area contributed by atoms with Crippen LogP contribution < -0.4 is 5.32 Å². The first-order chi connectivity index (χ1) is 10.8. The lowest BCUT2D eigenvalue weighted by Gasteiger charge is -2.16. The molecule has 22 heavy (non-hydrogen) atoms. The van der Waals surface area contributed by atoms with Crippen molar-refractivity contribution >= 4 is 40.1 Å². The van der Waals surface area contributed by atoms with E-state index < -0.39 is 0 Å². The third-order valence-corrected chi connectivity index (χ3v) is 5.63. The summed E-state index contributed by atoms with van der Waals surface area (Å²) in [5.74, 6) is -0.0944. The first kappa shape index (κ1) is 15.3. The number of nitrogens with zero attached hydrogens (tertiary/aromatic N) is 2. The molecule has 0 saturated carbocycles. The van der Waals surface area contributed by atoms with Crippen LogP contribution in [0.1, 0.15) is 45.2 Å². The maximum Gasteiger partial charge on any atom is 0.265 e. The van der Waals surface area contributed by atoms with Gasteiger partial charge in [-0.05, 0) is 51.8 Å². The summed E-state index contributed by atoms with van der Waals surface area (Å²) >= 11 is 4.44. The Labute approximate surface area is 141 Å². The van der Waals surface area contributed by atoms with Gasteiger partial charge in [0, 0.05) is 4.88 Å². The summed E-state index contributed by atoms with van der Waals surface area (Å²) in [4.78, 5) is 14.4. The molecule has 0 radical (unpaired) electrons. The van der Waals surface area contributed by atoms with Gasteiger partial charge in [-0.2, -0.15) is 11.3 Å². The maximum absolute atomic E-state index is 12.6. The number of carbonyl (C=O) groups excluding carboxylic acids is 1. The van der Waals surface area contributed by atoms with Gasteiger partial charge >= 0.3 is 0 Å². The van der Waals surface area contributed by atoms with E-state index in [1.807, 2.05) is 29.0 Å². The minimum absolute atomic E-state index is 0.0944.